The number of nitrogens with zero attached hydrogens (tertiary/aromatic N) is 1. The summed E-state index contributed by atoms with van der Waals surface area (Å²) in [5, 5.41) is 52.2. The van der Waals surface area contributed by atoms with E-state index in [4.69, 9.17) is 20.0 Å². The van der Waals surface area contributed by atoms with Crippen LogP contribution in [-0.4, -0.2) is 103 Å². The first-order valence-electron chi connectivity index (χ1n) is 17.0. The number of hydrogen-bond acceptors (Lipinski definition) is 11. The predicted octanol–water partition coefficient (Wildman–Crippen LogP) is 0.591. The highest BCUT2D eigenvalue weighted by molar-refractivity contribution is 5.87. The summed E-state index contributed by atoms with van der Waals surface area (Å²) in [6.07, 6.45) is -1.99. The van der Waals surface area contributed by atoms with E-state index in [2.05, 4.69) is 10.6 Å². The van der Waals surface area contributed by atoms with Crippen molar-refractivity contribution >= 4 is 54.0 Å². The Morgan fingerprint density at radius 2 is 1.42 bits per heavy atom. The molecule has 2 rings (SSSR count). The van der Waals surface area contributed by atoms with Crippen LogP contribution >= 0.6 is 0 Å². The Morgan fingerprint density at radius 1 is 0.782 bits per heavy atom. The lowest BCUT2D eigenvalue weighted by Gasteiger charge is -2.29. The van der Waals surface area contributed by atoms with Crippen LogP contribution in [0.3, 0.4) is 0 Å². The number of furan rings is 1. The minimum Gasteiger partial charge on any atom is -0.489 e. The van der Waals surface area contributed by atoms with E-state index in [1.54, 1.807) is 30.3 Å². The number of nitrogens with one attached hydrogen (secondary N) is 2. The second-order valence-electron chi connectivity index (χ2n) is 12.4. The standard InChI is InChI=1S/C35H44N4O16/c36-28(41)9-8-27(35(52)53)39(14-13-20-1-3-22(4-2-20)54-17-21-15-23(55-18-21)16-37-19-40)30(43)11-7-26(34(50)51)38-29(42)10-5-24(32(46)47)25(33(48)49)6-12-31(44)45/h1-4,15,18-19,24-27H,5-14,16-17H2,(H2,36,41)(H,37,40)(H,38,42)(H,44,45)(H,46,47)(H,48,49)(H,50,51)(H,52,53)/t24?,25?,26-,27+/m0/s1. The van der Waals surface area contributed by atoms with Crippen LogP contribution in [0.5, 0.6) is 5.75 Å². The van der Waals surface area contributed by atoms with Crippen LogP contribution < -0.4 is 21.1 Å². The third-order valence-corrected chi connectivity index (χ3v) is 8.44. The van der Waals surface area contributed by atoms with Crippen LogP contribution in [0.4, 0.5) is 0 Å². The van der Waals surface area contributed by atoms with E-state index in [0.717, 1.165) is 4.90 Å². The van der Waals surface area contributed by atoms with Crippen molar-refractivity contribution in [1.82, 2.24) is 15.5 Å². The molecule has 55 heavy (non-hydrogen) atoms. The molecule has 300 valence electrons. The summed E-state index contributed by atoms with van der Waals surface area (Å²) in [4.78, 5) is 108. The van der Waals surface area contributed by atoms with Crippen molar-refractivity contribution in [3.8, 4) is 5.75 Å². The fourth-order valence-corrected chi connectivity index (χ4v) is 5.55. The summed E-state index contributed by atoms with van der Waals surface area (Å²) in [5.74, 6) is -12.4. The fraction of sp³-hybridized carbons (Fsp3) is 0.457. The zero-order valence-electron chi connectivity index (χ0n) is 29.6. The van der Waals surface area contributed by atoms with E-state index >= 15 is 0 Å². The Morgan fingerprint density at radius 3 is 1.96 bits per heavy atom. The molecule has 0 aliphatic carbocycles. The van der Waals surface area contributed by atoms with Crippen molar-refractivity contribution in [3.05, 3.63) is 53.5 Å². The highest BCUT2D eigenvalue weighted by Gasteiger charge is 2.35. The maximum absolute atomic E-state index is 13.5. The molecule has 0 saturated carbocycles. The Kier molecular flexibility index (Phi) is 18.3. The average molecular weight is 777 g/mol. The molecule has 1 aromatic carbocycles. The van der Waals surface area contributed by atoms with Gasteiger partial charge in [-0.2, -0.15) is 0 Å². The molecule has 1 heterocycles. The third kappa shape index (κ3) is 16.0. The summed E-state index contributed by atoms with van der Waals surface area (Å²) in [6, 6.07) is 5.17. The lowest BCUT2D eigenvalue weighted by atomic mass is 9.85. The van der Waals surface area contributed by atoms with Gasteiger partial charge in [0.2, 0.25) is 24.1 Å². The number of benzene rings is 1. The minimum atomic E-state index is -1.69. The van der Waals surface area contributed by atoms with Gasteiger partial charge in [-0.1, -0.05) is 12.1 Å². The number of primary amides is 1. The van der Waals surface area contributed by atoms with Crippen molar-refractivity contribution in [2.24, 2.45) is 17.6 Å². The highest BCUT2D eigenvalue weighted by Crippen LogP contribution is 2.24. The molecule has 0 saturated heterocycles. The zero-order chi connectivity index (χ0) is 41.1. The van der Waals surface area contributed by atoms with Crippen LogP contribution in [0.25, 0.3) is 0 Å². The lowest BCUT2D eigenvalue weighted by Crippen LogP contribution is -2.47. The van der Waals surface area contributed by atoms with Crippen molar-refractivity contribution in [2.45, 2.75) is 83.0 Å². The number of hydrogen-bond donors (Lipinski definition) is 8. The topological polar surface area (TPSA) is 330 Å². The van der Waals surface area contributed by atoms with Gasteiger partial charge in [0.25, 0.3) is 0 Å². The summed E-state index contributed by atoms with van der Waals surface area (Å²) >= 11 is 0. The van der Waals surface area contributed by atoms with Crippen LogP contribution in [-0.2, 0) is 62.7 Å². The molecule has 0 spiro atoms. The minimum absolute atomic E-state index is 0.134. The Hall–Kier alpha value is -6.47. The van der Waals surface area contributed by atoms with Crippen molar-refractivity contribution in [1.29, 1.82) is 0 Å². The molecule has 2 aromatic rings. The van der Waals surface area contributed by atoms with Gasteiger partial charge >= 0.3 is 29.8 Å². The lowest BCUT2D eigenvalue weighted by molar-refractivity contribution is -0.155. The summed E-state index contributed by atoms with van der Waals surface area (Å²) in [7, 11) is 0. The molecule has 20 heteroatoms. The first-order chi connectivity index (χ1) is 26.0. The smallest absolute Gasteiger partial charge is 0.326 e. The molecular formula is C35H44N4O16. The highest BCUT2D eigenvalue weighted by atomic mass is 16.5. The van der Waals surface area contributed by atoms with E-state index in [-0.39, 0.29) is 39.0 Å². The molecule has 0 bridgehead atoms. The molecular weight excluding hydrogens is 732 g/mol. The number of carbonyl (C=O) groups is 9. The molecule has 0 fully saturated rings. The Bertz CT molecular complexity index is 1670. The normalized spacial score (nSPS) is 12.9. The molecule has 4 atom stereocenters. The molecule has 0 aliphatic heterocycles. The van der Waals surface area contributed by atoms with Crippen LogP contribution in [0.2, 0.25) is 0 Å². The molecule has 1 aromatic heterocycles. The number of carboxylic acids is 5. The van der Waals surface area contributed by atoms with E-state index < -0.39 is 110 Å². The SMILES string of the molecule is NC(=O)CC[C@H](C(=O)O)N(CCc1ccc(OCc2coc(CNC=O)c2)cc1)C(=O)CC[C@H](NC(=O)CCC(C(=O)O)C(CCC(=O)O)C(=O)O)C(=O)O. The summed E-state index contributed by atoms with van der Waals surface area (Å²) in [6.45, 7) is 0.204. The van der Waals surface area contributed by atoms with Gasteiger partial charge in [0.05, 0.1) is 24.6 Å². The van der Waals surface area contributed by atoms with Crippen LogP contribution in [0, 0.1) is 11.8 Å². The van der Waals surface area contributed by atoms with Gasteiger partial charge < -0.3 is 56.0 Å². The number of rotatable bonds is 28. The Balaban J connectivity index is 2.10. The first-order valence-corrected chi connectivity index (χ1v) is 17.0. The van der Waals surface area contributed by atoms with E-state index in [1.807, 2.05) is 0 Å². The first kappa shape index (κ1) is 44.7. The van der Waals surface area contributed by atoms with Gasteiger partial charge in [0.15, 0.2) is 0 Å². The average Bonchev–Trinajstić information content (AvgIpc) is 3.58. The molecule has 0 radical (unpaired) electrons. The molecule has 4 amide bonds. The quantitative estimate of drug-likeness (QED) is 0.0548. The van der Waals surface area contributed by atoms with Crippen LogP contribution in [0.1, 0.15) is 68.3 Å². The van der Waals surface area contributed by atoms with Gasteiger partial charge in [0, 0.05) is 37.8 Å². The number of aliphatic carboxylic acids is 5. The van der Waals surface area contributed by atoms with Gasteiger partial charge in [-0.25, -0.2) is 9.59 Å². The predicted molar refractivity (Wildman–Crippen MR) is 185 cm³/mol. The second kappa shape index (κ2) is 22.6. The number of amides is 4. The maximum Gasteiger partial charge on any atom is 0.326 e. The summed E-state index contributed by atoms with van der Waals surface area (Å²) < 4.78 is 11.1. The maximum atomic E-state index is 13.5. The molecule has 9 N–H and O–H groups in total. The van der Waals surface area contributed by atoms with Gasteiger partial charge in [0.1, 0.15) is 30.2 Å². The van der Waals surface area contributed by atoms with Crippen molar-refractivity contribution < 1.29 is 77.8 Å². The fourth-order valence-electron chi connectivity index (χ4n) is 5.55. The molecule has 20 nitrogen and oxygen atoms in total. The number of carboxylic acid groups (broad SMARTS) is 5. The van der Waals surface area contributed by atoms with Crippen LogP contribution in [0.15, 0.2) is 41.0 Å². The van der Waals surface area contributed by atoms with E-state index in [9.17, 15) is 63.6 Å². The number of carbonyl (C=O) groups excluding carboxylic acids is 4. The Labute approximate surface area is 313 Å². The monoisotopic (exact) mass is 776 g/mol. The second-order valence-corrected chi connectivity index (χ2v) is 12.4. The largest absolute Gasteiger partial charge is 0.489 e. The van der Waals surface area contributed by atoms with Gasteiger partial charge in [-0.15, -0.1) is 0 Å². The summed E-state index contributed by atoms with van der Waals surface area (Å²) in [5.41, 5.74) is 6.60. The zero-order valence-corrected chi connectivity index (χ0v) is 29.6. The van der Waals surface area contributed by atoms with Gasteiger partial charge in [-0.05, 0) is 55.9 Å². The number of nitrogens with two attached hydrogens (primary N) is 1. The van der Waals surface area contributed by atoms with E-state index in [0.29, 0.717) is 29.0 Å². The molecule has 2 unspecified atom stereocenters. The van der Waals surface area contributed by atoms with E-state index in [1.165, 1.54) is 6.26 Å². The third-order valence-electron chi connectivity index (χ3n) is 8.44. The van der Waals surface area contributed by atoms with Gasteiger partial charge in [-0.3, -0.25) is 33.6 Å². The number of ether oxygens (including phenoxy) is 1. The van der Waals surface area contributed by atoms with Crippen molar-refractivity contribution in [3.63, 3.8) is 0 Å². The molecule has 0 aliphatic rings. The van der Waals surface area contributed by atoms with Crippen molar-refractivity contribution in [2.75, 3.05) is 6.54 Å².